The summed E-state index contributed by atoms with van der Waals surface area (Å²) >= 11 is 0. The molecule has 0 aromatic heterocycles. The standard InChI is InChI=1S/2C12H25N/c2*1-12(2,3)8-4-5-11-6-9-13-10-7-11/h2*11,13H,4-10H2,1-3H3. The molecule has 2 saturated heterocycles. The van der Waals surface area contributed by atoms with Crippen molar-refractivity contribution in [2.45, 2.75) is 106 Å². The van der Waals surface area contributed by atoms with Gasteiger partial charge in [0, 0.05) is 0 Å². The lowest BCUT2D eigenvalue weighted by molar-refractivity contribution is 0.303. The van der Waals surface area contributed by atoms with Crippen molar-refractivity contribution in [3.05, 3.63) is 0 Å². The van der Waals surface area contributed by atoms with Gasteiger partial charge in [0.1, 0.15) is 0 Å². The zero-order valence-electron chi connectivity index (χ0n) is 19.1. The van der Waals surface area contributed by atoms with Crippen molar-refractivity contribution in [1.29, 1.82) is 0 Å². The predicted octanol–water partition coefficient (Wildman–Crippen LogP) is 6.40. The first-order chi connectivity index (χ1) is 12.2. The maximum atomic E-state index is 3.42. The fourth-order valence-corrected chi connectivity index (χ4v) is 4.18. The van der Waals surface area contributed by atoms with Crippen molar-refractivity contribution in [3.8, 4) is 0 Å². The van der Waals surface area contributed by atoms with E-state index < -0.39 is 0 Å². The van der Waals surface area contributed by atoms with Gasteiger partial charge in [0.2, 0.25) is 0 Å². The van der Waals surface area contributed by atoms with Gasteiger partial charge in [0.15, 0.2) is 0 Å². The number of hydrogen-bond donors (Lipinski definition) is 2. The lowest BCUT2D eigenvalue weighted by Crippen LogP contribution is -2.27. The van der Waals surface area contributed by atoms with Crippen molar-refractivity contribution >= 4 is 0 Å². The van der Waals surface area contributed by atoms with Crippen LogP contribution < -0.4 is 10.6 Å². The maximum Gasteiger partial charge on any atom is -0.00463 e. The topological polar surface area (TPSA) is 24.1 Å². The van der Waals surface area contributed by atoms with Crippen molar-refractivity contribution in [3.63, 3.8) is 0 Å². The van der Waals surface area contributed by atoms with Gasteiger partial charge in [0.05, 0.1) is 0 Å². The highest BCUT2D eigenvalue weighted by atomic mass is 14.9. The van der Waals surface area contributed by atoms with Crippen LogP contribution in [0.25, 0.3) is 0 Å². The van der Waals surface area contributed by atoms with E-state index in [0.29, 0.717) is 10.8 Å². The van der Waals surface area contributed by atoms with Crippen molar-refractivity contribution in [2.75, 3.05) is 26.2 Å². The summed E-state index contributed by atoms with van der Waals surface area (Å²) in [5.74, 6) is 2.03. The molecular weight excluding hydrogens is 316 g/mol. The summed E-state index contributed by atoms with van der Waals surface area (Å²) < 4.78 is 0. The average Bonchev–Trinajstić information content (AvgIpc) is 2.55. The summed E-state index contributed by atoms with van der Waals surface area (Å²) in [4.78, 5) is 0. The van der Waals surface area contributed by atoms with Crippen molar-refractivity contribution in [2.24, 2.45) is 22.7 Å². The van der Waals surface area contributed by atoms with Crippen LogP contribution >= 0.6 is 0 Å². The van der Waals surface area contributed by atoms with Crippen molar-refractivity contribution in [1.82, 2.24) is 10.6 Å². The molecule has 0 bridgehead atoms. The fourth-order valence-electron chi connectivity index (χ4n) is 4.18. The second-order valence-electron chi connectivity index (χ2n) is 11.3. The molecule has 0 spiro atoms. The third-order valence-electron chi connectivity index (χ3n) is 6.00. The third-order valence-corrected chi connectivity index (χ3v) is 6.00. The Labute approximate surface area is 165 Å². The van der Waals surface area contributed by atoms with E-state index in [-0.39, 0.29) is 0 Å². The smallest absolute Gasteiger partial charge is 0.00463 e. The summed E-state index contributed by atoms with van der Waals surface area (Å²) in [5, 5.41) is 6.84. The second kappa shape index (κ2) is 12.4. The van der Waals surface area contributed by atoms with Crippen molar-refractivity contribution < 1.29 is 0 Å². The first-order valence-corrected chi connectivity index (χ1v) is 11.6. The Bertz CT molecular complexity index is 291. The summed E-state index contributed by atoms with van der Waals surface area (Å²) in [6.07, 6.45) is 14.2. The highest BCUT2D eigenvalue weighted by Gasteiger charge is 2.16. The fraction of sp³-hybridized carbons (Fsp3) is 1.00. The molecule has 2 fully saturated rings. The van der Waals surface area contributed by atoms with Gasteiger partial charge in [0.25, 0.3) is 0 Å². The molecule has 0 amide bonds. The average molecular weight is 367 g/mol. The molecule has 0 aromatic rings. The molecule has 0 aliphatic carbocycles. The zero-order chi connectivity index (χ0) is 19.5. The SMILES string of the molecule is CC(C)(C)CCCC1CCNCC1.CC(C)(C)CCCC1CCNCC1. The van der Waals surface area contributed by atoms with Crippen LogP contribution in [-0.4, -0.2) is 26.2 Å². The number of nitrogens with one attached hydrogen (secondary N) is 2. The molecule has 26 heavy (non-hydrogen) atoms. The Morgan fingerprint density at radius 3 is 1.15 bits per heavy atom. The Hall–Kier alpha value is -0.0800. The van der Waals surface area contributed by atoms with Gasteiger partial charge < -0.3 is 10.6 Å². The van der Waals surface area contributed by atoms with E-state index in [1.165, 1.54) is 90.4 Å². The van der Waals surface area contributed by atoms with Crippen LogP contribution in [0.2, 0.25) is 0 Å². The highest BCUT2D eigenvalue weighted by molar-refractivity contribution is 4.71. The van der Waals surface area contributed by atoms with Crippen LogP contribution in [0.5, 0.6) is 0 Å². The van der Waals surface area contributed by atoms with Crippen LogP contribution in [0.4, 0.5) is 0 Å². The maximum absolute atomic E-state index is 3.42. The van der Waals surface area contributed by atoms with Crippen LogP contribution in [0.3, 0.4) is 0 Å². The van der Waals surface area contributed by atoms with Gasteiger partial charge in [-0.2, -0.15) is 0 Å². The summed E-state index contributed by atoms with van der Waals surface area (Å²) in [5.41, 5.74) is 1.07. The highest BCUT2D eigenvalue weighted by Crippen LogP contribution is 2.26. The molecule has 2 heteroatoms. The van der Waals surface area contributed by atoms with E-state index in [1.54, 1.807) is 0 Å². The lowest BCUT2D eigenvalue weighted by Gasteiger charge is -2.24. The van der Waals surface area contributed by atoms with E-state index in [4.69, 9.17) is 0 Å². The largest absolute Gasteiger partial charge is 0.317 e. The molecule has 2 rings (SSSR count). The van der Waals surface area contributed by atoms with Gasteiger partial charge >= 0.3 is 0 Å². The summed E-state index contributed by atoms with van der Waals surface area (Å²) in [6.45, 7) is 19.1. The van der Waals surface area contributed by atoms with Gasteiger partial charge in [-0.1, -0.05) is 67.2 Å². The first kappa shape index (κ1) is 24.0. The minimum Gasteiger partial charge on any atom is -0.317 e. The van der Waals surface area contributed by atoms with E-state index in [2.05, 4.69) is 52.2 Å². The molecular formula is C24H50N2. The third kappa shape index (κ3) is 14.0. The van der Waals surface area contributed by atoms with E-state index >= 15 is 0 Å². The normalized spacial score (nSPS) is 20.5. The molecule has 0 radical (unpaired) electrons. The molecule has 2 heterocycles. The molecule has 0 unspecified atom stereocenters. The lowest BCUT2D eigenvalue weighted by atomic mass is 9.85. The quantitative estimate of drug-likeness (QED) is 0.568. The molecule has 2 aliphatic heterocycles. The number of rotatable bonds is 6. The summed E-state index contributed by atoms with van der Waals surface area (Å²) in [6, 6.07) is 0. The Morgan fingerprint density at radius 1 is 0.577 bits per heavy atom. The molecule has 0 saturated carbocycles. The first-order valence-electron chi connectivity index (χ1n) is 11.6. The molecule has 0 aromatic carbocycles. The van der Waals surface area contributed by atoms with Gasteiger partial charge in [-0.25, -0.2) is 0 Å². The summed E-state index contributed by atoms with van der Waals surface area (Å²) in [7, 11) is 0. The zero-order valence-corrected chi connectivity index (χ0v) is 19.1. The van der Waals surface area contributed by atoms with Gasteiger partial charge in [-0.05, 0) is 87.4 Å². The predicted molar refractivity (Wildman–Crippen MR) is 118 cm³/mol. The van der Waals surface area contributed by atoms with E-state index in [0.717, 1.165) is 11.8 Å². The van der Waals surface area contributed by atoms with Crippen LogP contribution in [0.1, 0.15) is 106 Å². The minimum absolute atomic E-state index is 0.535. The molecule has 2 aliphatic rings. The Morgan fingerprint density at radius 2 is 0.885 bits per heavy atom. The van der Waals surface area contributed by atoms with Crippen LogP contribution in [0, 0.1) is 22.7 Å². The number of hydrogen-bond acceptors (Lipinski definition) is 2. The molecule has 2 N–H and O–H groups in total. The Balaban J connectivity index is 0.000000260. The van der Waals surface area contributed by atoms with Gasteiger partial charge in [-0.3, -0.25) is 0 Å². The minimum atomic E-state index is 0.535. The van der Waals surface area contributed by atoms with E-state index in [9.17, 15) is 0 Å². The molecule has 0 atom stereocenters. The molecule has 2 nitrogen and oxygen atoms in total. The van der Waals surface area contributed by atoms with Gasteiger partial charge in [-0.15, -0.1) is 0 Å². The monoisotopic (exact) mass is 366 g/mol. The van der Waals surface area contributed by atoms with Crippen LogP contribution in [0.15, 0.2) is 0 Å². The Kier molecular flexibility index (Phi) is 11.4. The van der Waals surface area contributed by atoms with Crippen LogP contribution in [-0.2, 0) is 0 Å². The molecule has 156 valence electrons. The second-order valence-corrected chi connectivity index (χ2v) is 11.3. The van der Waals surface area contributed by atoms with E-state index in [1.807, 2.05) is 0 Å². The number of piperidine rings is 2.